The van der Waals surface area contributed by atoms with E-state index in [1.54, 1.807) is 0 Å². The number of fused-ring (bicyclic) bond motifs is 2. The van der Waals surface area contributed by atoms with Gasteiger partial charge in [-0.25, -0.2) is 4.68 Å². The molecule has 0 bridgehead atoms. The van der Waals surface area contributed by atoms with Gasteiger partial charge < -0.3 is 0 Å². The van der Waals surface area contributed by atoms with E-state index in [0.717, 1.165) is 24.7 Å². The van der Waals surface area contributed by atoms with Crippen LogP contribution >= 0.6 is 0 Å². The van der Waals surface area contributed by atoms with Crippen molar-refractivity contribution in [3.63, 3.8) is 0 Å². The van der Waals surface area contributed by atoms with Gasteiger partial charge in [0.25, 0.3) is 0 Å². The van der Waals surface area contributed by atoms with Gasteiger partial charge in [-0.3, -0.25) is 0 Å². The third-order valence-corrected chi connectivity index (χ3v) is 6.38. The first-order valence-corrected chi connectivity index (χ1v) is 8.24. The SMILES string of the molecule is CC(C)C1[C@]2(C)CCc3nnn(C(C)C)c3CC[C@]12C. The minimum absolute atomic E-state index is 0.421. The summed E-state index contributed by atoms with van der Waals surface area (Å²) < 4.78 is 2.15. The maximum Gasteiger partial charge on any atom is 0.0859 e. The molecule has 1 aromatic heterocycles. The van der Waals surface area contributed by atoms with Crippen molar-refractivity contribution >= 4 is 0 Å². The summed E-state index contributed by atoms with van der Waals surface area (Å²) in [5, 5.41) is 8.86. The molecule has 1 heterocycles. The smallest absolute Gasteiger partial charge is 0.0859 e. The molecular formula is C17H29N3. The van der Waals surface area contributed by atoms with Crippen LogP contribution in [-0.4, -0.2) is 15.0 Å². The molecule has 3 heteroatoms. The van der Waals surface area contributed by atoms with Crippen molar-refractivity contribution in [2.45, 2.75) is 73.3 Å². The molecule has 1 saturated carbocycles. The van der Waals surface area contributed by atoms with Crippen LogP contribution in [0.15, 0.2) is 0 Å². The first-order valence-electron chi connectivity index (χ1n) is 8.24. The normalized spacial score (nSPS) is 36.5. The summed E-state index contributed by atoms with van der Waals surface area (Å²) in [7, 11) is 0. The fourth-order valence-electron chi connectivity index (χ4n) is 5.32. The molecular weight excluding hydrogens is 246 g/mol. The van der Waals surface area contributed by atoms with Crippen molar-refractivity contribution in [3.05, 3.63) is 11.4 Å². The fourth-order valence-corrected chi connectivity index (χ4v) is 5.32. The first-order chi connectivity index (χ1) is 9.31. The quantitative estimate of drug-likeness (QED) is 0.815. The van der Waals surface area contributed by atoms with Gasteiger partial charge >= 0.3 is 0 Å². The van der Waals surface area contributed by atoms with E-state index < -0.39 is 0 Å². The van der Waals surface area contributed by atoms with Crippen molar-refractivity contribution in [3.8, 4) is 0 Å². The lowest BCUT2D eigenvalue weighted by Gasteiger charge is -2.22. The van der Waals surface area contributed by atoms with Crippen LogP contribution in [0.2, 0.25) is 0 Å². The van der Waals surface area contributed by atoms with Gasteiger partial charge in [0.15, 0.2) is 0 Å². The Kier molecular flexibility index (Phi) is 3.04. The van der Waals surface area contributed by atoms with Gasteiger partial charge in [0.1, 0.15) is 0 Å². The molecule has 1 aromatic rings. The minimum Gasteiger partial charge on any atom is -0.247 e. The molecule has 2 aliphatic carbocycles. The predicted octanol–water partition coefficient (Wildman–Crippen LogP) is 4.04. The number of nitrogens with zero attached hydrogens (tertiary/aromatic N) is 3. The summed E-state index contributed by atoms with van der Waals surface area (Å²) in [5.41, 5.74) is 3.69. The standard InChI is InChI=1S/C17H29N3/c1-11(2)15-16(5)9-7-13-14(8-10-17(15,16)6)20(12(3)4)19-18-13/h11-12,15H,7-10H2,1-6H3/t15?,16-,17+/m0/s1. The summed E-state index contributed by atoms with van der Waals surface area (Å²) in [6.45, 7) is 14.2. The third kappa shape index (κ3) is 1.71. The lowest BCUT2D eigenvalue weighted by atomic mass is 9.84. The van der Waals surface area contributed by atoms with Crippen molar-refractivity contribution < 1.29 is 0 Å². The average molecular weight is 275 g/mol. The number of aromatic nitrogens is 3. The van der Waals surface area contributed by atoms with Gasteiger partial charge in [0, 0.05) is 6.04 Å². The van der Waals surface area contributed by atoms with Gasteiger partial charge in [-0.1, -0.05) is 32.9 Å². The number of hydrogen-bond acceptors (Lipinski definition) is 2. The second-order valence-electron chi connectivity index (χ2n) is 8.08. The molecule has 0 aliphatic heterocycles. The van der Waals surface area contributed by atoms with E-state index in [4.69, 9.17) is 0 Å². The second-order valence-corrected chi connectivity index (χ2v) is 8.08. The van der Waals surface area contributed by atoms with Gasteiger partial charge in [0.2, 0.25) is 0 Å². The summed E-state index contributed by atoms with van der Waals surface area (Å²) in [6, 6.07) is 0.421. The van der Waals surface area contributed by atoms with Crippen LogP contribution in [0.3, 0.4) is 0 Å². The van der Waals surface area contributed by atoms with E-state index in [9.17, 15) is 0 Å². The summed E-state index contributed by atoms with van der Waals surface area (Å²) >= 11 is 0. The van der Waals surface area contributed by atoms with E-state index in [-0.39, 0.29) is 0 Å². The lowest BCUT2D eigenvalue weighted by molar-refractivity contribution is 0.330. The third-order valence-electron chi connectivity index (χ3n) is 6.38. The van der Waals surface area contributed by atoms with Crippen LogP contribution in [0.25, 0.3) is 0 Å². The maximum absolute atomic E-state index is 4.47. The molecule has 3 atom stereocenters. The van der Waals surface area contributed by atoms with Gasteiger partial charge in [0.05, 0.1) is 11.4 Å². The zero-order chi connectivity index (χ0) is 14.7. The molecule has 0 N–H and O–H groups in total. The highest BCUT2D eigenvalue weighted by molar-refractivity contribution is 5.23. The molecule has 0 amide bonds. The Hall–Kier alpha value is -0.860. The molecule has 1 unspecified atom stereocenters. The average Bonchev–Trinajstić information content (AvgIpc) is 2.69. The molecule has 0 spiro atoms. The van der Waals surface area contributed by atoms with E-state index in [1.807, 2.05) is 0 Å². The number of aryl methyl sites for hydroxylation is 1. The summed E-state index contributed by atoms with van der Waals surface area (Å²) in [4.78, 5) is 0. The van der Waals surface area contributed by atoms with Crippen LogP contribution in [0.5, 0.6) is 0 Å². The summed E-state index contributed by atoms with van der Waals surface area (Å²) in [6.07, 6.45) is 4.82. The van der Waals surface area contributed by atoms with Crippen molar-refractivity contribution in [1.82, 2.24) is 15.0 Å². The molecule has 20 heavy (non-hydrogen) atoms. The molecule has 1 fully saturated rings. The molecule has 0 saturated heterocycles. The van der Waals surface area contributed by atoms with E-state index in [2.05, 4.69) is 56.5 Å². The number of hydrogen-bond donors (Lipinski definition) is 0. The highest BCUT2D eigenvalue weighted by atomic mass is 15.4. The summed E-state index contributed by atoms with van der Waals surface area (Å²) in [5.74, 6) is 1.67. The Morgan fingerprint density at radius 2 is 1.65 bits per heavy atom. The minimum atomic E-state index is 0.421. The van der Waals surface area contributed by atoms with Crippen LogP contribution < -0.4 is 0 Å². The second kappa shape index (κ2) is 4.32. The van der Waals surface area contributed by atoms with Crippen molar-refractivity contribution in [1.29, 1.82) is 0 Å². The largest absolute Gasteiger partial charge is 0.247 e. The van der Waals surface area contributed by atoms with E-state index in [1.165, 1.54) is 24.2 Å². The molecule has 3 rings (SSSR count). The Bertz CT molecular complexity index is 516. The van der Waals surface area contributed by atoms with E-state index in [0.29, 0.717) is 16.9 Å². The fraction of sp³-hybridized carbons (Fsp3) is 0.882. The molecule has 0 aromatic carbocycles. The molecule has 0 radical (unpaired) electrons. The Balaban J connectivity index is 1.91. The van der Waals surface area contributed by atoms with Crippen LogP contribution in [0, 0.1) is 22.7 Å². The molecule has 2 aliphatic rings. The maximum atomic E-state index is 4.47. The van der Waals surface area contributed by atoms with Gasteiger partial charge in [-0.05, 0) is 62.2 Å². The van der Waals surface area contributed by atoms with Crippen molar-refractivity contribution in [2.24, 2.45) is 22.7 Å². The molecule has 3 nitrogen and oxygen atoms in total. The molecule has 112 valence electrons. The zero-order valence-corrected chi connectivity index (χ0v) is 13.9. The number of rotatable bonds is 2. The Labute approximate surface area is 123 Å². The van der Waals surface area contributed by atoms with Gasteiger partial charge in [-0.15, -0.1) is 5.10 Å². The first kappa shape index (κ1) is 14.1. The highest BCUT2D eigenvalue weighted by Gasteiger charge is 2.70. The highest BCUT2D eigenvalue weighted by Crippen LogP contribution is 2.75. The van der Waals surface area contributed by atoms with Crippen LogP contribution in [0.1, 0.15) is 71.8 Å². The Morgan fingerprint density at radius 1 is 1.05 bits per heavy atom. The van der Waals surface area contributed by atoms with Crippen molar-refractivity contribution in [2.75, 3.05) is 0 Å². The monoisotopic (exact) mass is 275 g/mol. The van der Waals surface area contributed by atoms with Crippen LogP contribution in [0.4, 0.5) is 0 Å². The van der Waals surface area contributed by atoms with E-state index >= 15 is 0 Å². The Morgan fingerprint density at radius 3 is 2.20 bits per heavy atom. The zero-order valence-electron chi connectivity index (χ0n) is 13.9. The predicted molar refractivity (Wildman–Crippen MR) is 81.6 cm³/mol. The topological polar surface area (TPSA) is 30.7 Å². The van der Waals surface area contributed by atoms with Crippen LogP contribution in [-0.2, 0) is 12.8 Å². The lowest BCUT2D eigenvalue weighted by Crippen LogP contribution is -2.16. The van der Waals surface area contributed by atoms with Gasteiger partial charge in [-0.2, -0.15) is 0 Å².